The number of nitro benzene ring substituents is 1. The Balaban J connectivity index is 1.39. The average molecular weight is 462 g/mol. The number of ether oxygens (including phenoxy) is 2. The summed E-state index contributed by atoms with van der Waals surface area (Å²) in [4.78, 5) is 35.4. The second-order valence-electron chi connectivity index (χ2n) is 7.80. The summed E-state index contributed by atoms with van der Waals surface area (Å²) in [6.07, 6.45) is 1.25. The van der Waals surface area contributed by atoms with Crippen LogP contribution in [0.5, 0.6) is 0 Å². The first-order valence-corrected chi connectivity index (χ1v) is 10.8. The molecule has 5 rings (SSSR count). The highest BCUT2D eigenvalue weighted by Gasteiger charge is 2.23. The van der Waals surface area contributed by atoms with Gasteiger partial charge in [0.2, 0.25) is 5.95 Å². The SMILES string of the molecule is O=C1OCCN1c1ccc(Nc2nccc(-c3cc(N4CCOCC4)cc([N+](=O)[O-])c3)n2)cc1. The van der Waals surface area contributed by atoms with E-state index in [9.17, 15) is 14.9 Å². The van der Waals surface area contributed by atoms with E-state index >= 15 is 0 Å². The summed E-state index contributed by atoms with van der Waals surface area (Å²) in [5, 5.41) is 14.7. The molecule has 1 aromatic heterocycles. The largest absolute Gasteiger partial charge is 0.447 e. The fraction of sp³-hybridized carbons (Fsp3) is 0.261. The number of rotatable bonds is 6. The van der Waals surface area contributed by atoms with E-state index in [2.05, 4.69) is 20.2 Å². The van der Waals surface area contributed by atoms with Crippen molar-refractivity contribution in [3.8, 4) is 11.3 Å². The van der Waals surface area contributed by atoms with Gasteiger partial charge in [-0.1, -0.05) is 0 Å². The Morgan fingerprint density at radius 2 is 1.76 bits per heavy atom. The summed E-state index contributed by atoms with van der Waals surface area (Å²) in [7, 11) is 0. The van der Waals surface area contributed by atoms with Crippen molar-refractivity contribution >= 4 is 34.8 Å². The number of cyclic esters (lactones) is 1. The van der Waals surface area contributed by atoms with Gasteiger partial charge in [0.1, 0.15) is 6.61 Å². The fourth-order valence-corrected chi connectivity index (χ4v) is 3.91. The molecule has 0 saturated carbocycles. The lowest BCUT2D eigenvalue weighted by molar-refractivity contribution is -0.384. The van der Waals surface area contributed by atoms with Crippen molar-refractivity contribution in [2.75, 3.05) is 54.6 Å². The maximum Gasteiger partial charge on any atom is 0.414 e. The van der Waals surface area contributed by atoms with Crippen molar-refractivity contribution in [3.05, 3.63) is 64.8 Å². The van der Waals surface area contributed by atoms with Crippen LogP contribution in [0.15, 0.2) is 54.7 Å². The highest BCUT2D eigenvalue weighted by molar-refractivity contribution is 5.89. The number of anilines is 4. The molecule has 1 amide bonds. The normalized spacial score (nSPS) is 15.8. The lowest BCUT2D eigenvalue weighted by atomic mass is 10.1. The van der Waals surface area contributed by atoms with Crippen molar-refractivity contribution in [1.29, 1.82) is 0 Å². The summed E-state index contributed by atoms with van der Waals surface area (Å²) >= 11 is 0. The monoisotopic (exact) mass is 462 g/mol. The van der Waals surface area contributed by atoms with Gasteiger partial charge in [-0.3, -0.25) is 15.0 Å². The van der Waals surface area contributed by atoms with Gasteiger partial charge in [0, 0.05) is 54.0 Å². The van der Waals surface area contributed by atoms with Gasteiger partial charge >= 0.3 is 6.09 Å². The van der Waals surface area contributed by atoms with Crippen molar-refractivity contribution in [2.45, 2.75) is 0 Å². The molecule has 2 aliphatic rings. The second-order valence-corrected chi connectivity index (χ2v) is 7.80. The number of non-ortho nitro benzene ring substituents is 1. The van der Waals surface area contributed by atoms with Crippen LogP contribution in [0.25, 0.3) is 11.3 Å². The maximum absolute atomic E-state index is 11.7. The van der Waals surface area contributed by atoms with E-state index in [1.165, 1.54) is 6.07 Å². The maximum atomic E-state index is 11.7. The van der Waals surface area contributed by atoms with Gasteiger partial charge in [-0.25, -0.2) is 14.8 Å². The van der Waals surface area contributed by atoms with Gasteiger partial charge in [-0.2, -0.15) is 0 Å². The highest BCUT2D eigenvalue weighted by Crippen LogP contribution is 2.31. The molecule has 2 aromatic carbocycles. The summed E-state index contributed by atoms with van der Waals surface area (Å²) in [5.74, 6) is 0.352. The predicted octanol–water partition coefficient (Wildman–Crippen LogP) is 3.59. The molecule has 0 spiro atoms. The molecule has 2 fully saturated rings. The van der Waals surface area contributed by atoms with Gasteiger partial charge in [0.25, 0.3) is 5.69 Å². The Morgan fingerprint density at radius 3 is 2.47 bits per heavy atom. The number of carbonyl (C=O) groups excluding carboxylic acids is 1. The first-order chi connectivity index (χ1) is 16.6. The number of nitrogens with one attached hydrogen (secondary N) is 1. The molecule has 3 heterocycles. The number of hydrogen-bond acceptors (Lipinski definition) is 9. The van der Waals surface area contributed by atoms with Crippen LogP contribution in [0.3, 0.4) is 0 Å². The summed E-state index contributed by atoms with van der Waals surface area (Å²) in [6.45, 7) is 3.40. The first kappa shape index (κ1) is 21.6. The summed E-state index contributed by atoms with van der Waals surface area (Å²) in [6, 6.07) is 14.0. The molecule has 174 valence electrons. The van der Waals surface area contributed by atoms with Crippen molar-refractivity contribution in [1.82, 2.24) is 9.97 Å². The molecule has 0 bridgehead atoms. The molecule has 0 aliphatic carbocycles. The zero-order valence-electron chi connectivity index (χ0n) is 18.2. The van der Waals surface area contributed by atoms with Crippen LogP contribution < -0.4 is 15.1 Å². The minimum absolute atomic E-state index is 0.00291. The summed E-state index contributed by atoms with van der Waals surface area (Å²) in [5.41, 5.74) is 3.44. The molecule has 11 nitrogen and oxygen atoms in total. The van der Waals surface area contributed by atoms with E-state index in [-0.39, 0.29) is 11.8 Å². The van der Waals surface area contributed by atoms with Crippen LogP contribution in [0.4, 0.5) is 33.5 Å². The second kappa shape index (κ2) is 9.32. The number of benzene rings is 2. The standard InChI is InChI=1S/C23H22N6O5/c30-23-28(9-12-34-23)18-3-1-17(2-4-18)25-22-24-6-5-21(26-22)16-13-19(15-20(14-16)29(31)32)27-7-10-33-11-8-27/h1-6,13-15H,7-12H2,(H,24,25,26). The molecular weight excluding hydrogens is 440 g/mol. The zero-order valence-corrected chi connectivity index (χ0v) is 18.2. The smallest absolute Gasteiger partial charge is 0.414 e. The topological polar surface area (TPSA) is 123 Å². The van der Waals surface area contributed by atoms with Crippen LogP contribution in [-0.2, 0) is 9.47 Å². The average Bonchev–Trinajstić information content (AvgIpc) is 3.30. The molecule has 3 aromatic rings. The molecule has 2 saturated heterocycles. The fourth-order valence-electron chi connectivity index (χ4n) is 3.91. The number of nitrogens with zero attached hydrogens (tertiary/aromatic N) is 5. The van der Waals surface area contributed by atoms with Crippen LogP contribution in [-0.4, -0.2) is 60.4 Å². The van der Waals surface area contributed by atoms with Gasteiger partial charge in [-0.05, 0) is 36.4 Å². The lowest BCUT2D eigenvalue weighted by Crippen LogP contribution is -2.36. The first-order valence-electron chi connectivity index (χ1n) is 10.8. The molecule has 1 N–H and O–H groups in total. The zero-order chi connectivity index (χ0) is 23.5. The van der Waals surface area contributed by atoms with Gasteiger partial charge in [0.05, 0.1) is 30.4 Å². The van der Waals surface area contributed by atoms with Crippen molar-refractivity contribution < 1.29 is 19.2 Å². The Kier molecular flexibility index (Phi) is 5.91. The lowest BCUT2D eigenvalue weighted by Gasteiger charge is -2.29. The molecule has 0 unspecified atom stereocenters. The number of aromatic nitrogens is 2. The number of hydrogen-bond donors (Lipinski definition) is 1. The van der Waals surface area contributed by atoms with Crippen molar-refractivity contribution in [3.63, 3.8) is 0 Å². The van der Waals surface area contributed by atoms with Crippen LogP contribution in [0, 0.1) is 10.1 Å². The van der Waals surface area contributed by atoms with E-state index in [0.717, 1.165) is 17.1 Å². The third-order valence-electron chi connectivity index (χ3n) is 5.64. The van der Waals surface area contributed by atoms with Gasteiger partial charge in [0.15, 0.2) is 0 Å². The molecular formula is C23H22N6O5. The van der Waals surface area contributed by atoms with E-state index in [1.54, 1.807) is 23.2 Å². The third kappa shape index (κ3) is 4.59. The van der Waals surface area contributed by atoms with Crippen molar-refractivity contribution in [2.24, 2.45) is 0 Å². The number of amides is 1. The molecule has 0 radical (unpaired) electrons. The summed E-state index contributed by atoms with van der Waals surface area (Å²) < 4.78 is 10.4. The molecule has 11 heteroatoms. The molecule has 0 atom stereocenters. The van der Waals surface area contributed by atoms with Crippen LogP contribution in [0.2, 0.25) is 0 Å². The Hall–Kier alpha value is -4.25. The Bertz CT molecular complexity index is 1210. The number of nitro groups is 1. The minimum atomic E-state index is -0.397. The van der Waals surface area contributed by atoms with Gasteiger partial charge in [-0.15, -0.1) is 0 Å². The van der Waals surface area contributed by atoms with E-state index < -0.39 is 4.92 Å². The minimum Gasteiger partial charge on any atom is -0.447 e. The van der Waals surface area contributed by atoms with Gasteiger partial charge < -0.3 is 19.7 Å². The molecule has 2 aliphatic heterocycles. The van der Waals surface area contributed by atoms with Crippen LogP contribution in [0.1, 0.15) is 0 Å². The molecule has 34 heavy (non-hydrogen) atoms. The number of morpholine rings is 1. The Labute approximate surface area is 195 Å². The van der Waals surface area contributed by atoms with E-state index in [4.69, 9.17) is 9.47 Å². The predicted molar refractivity (Wildman–Crippen MR) is 126 cm³/mol. The highest BCUT2D eigenvalue weighted by atomic mass is 16.6. The van der Waals surface area contributed by atoms with E-state index in [1.807, 2.05) is 30.3 Å². The van der Waals surface area contributed by atoms with E-state index in [0.29, 0.717) is 56.7 Å². The Morgan fingerprint density at radius 1 is 0.971 bits per heavy atom. The third-order valence-corrected chi connectivity index (χ3v) is 5.64. The number of carbonyl (C=O) groups is 1. The quantitative estimate of drug-likeness (QED) is 0.432. The van der Waals surface area contributed by atoms with Crippen LogP contribution >= 0.6 is 0 Å².